The van der Waals surface area contributed by atoms with Gasteiger partial charge in [0.2, 0.25) is 16.0 Å². The van der Waals surface area contributed by atoms with Gasteiger partial charge in [0.15, 0.2) is 0 Å². The fraction of sp³-hybridized carbons (Fsp3) is 0.462. The second kappa shape index (κ2) is 8.50. The van der Waals surface area contributed by atoms with Gasteiger partial charge in [-0.1, -0.05) is 24.3 Å². The fourth-order valence-electron chi connectivity index (χ4n) is 5.70. The van der Waals surface area contributed by atoms with Gasteiger partial charge >= 0.3 is 0 Å². The van der Waals surface area contributed by atoms with Gasteiger partial charge in [0.25, 0.3) is 0 Å². The van der Waals surface area contributed by atoms with Crippen LogP contribution in [0.5, 0.6) is 0 Å². The minimum atomic E-state index is -3.54. The summed E-state index contributed by atoms with van der Waals surface area (Å²) in [5.74, 6) is 1.71. The summed E-state index contributed by atoms with van der Waals surface area (Å²) in [6.07, 6.45) is 5.39. The van der Waals surface area contributed by atoms with E-state index in [1.54, 1.807) is 4.31 Å². The second-order valence-electron chi connectivity index (χ2n) is 9.66. The van der Waals surface area contributed by atoms with Crippen molar-refractivity contribution < 1.29 is 8.42 Å². The number of aryl methyl sites for hydroxylation is 3. The van der Waals surface area contributed by atoms with Crippen LogP contribution in [0.2, 0.25) is 0 Å². The van der Waals surface area contributed by atoms with Crippen LogP contribution < -0.4 is 9.80 Å². The number of piperazine rings is 1. The Morgan fingerprint density at radius 2 is 1.62 bits per heavy atom. The van der Waals surface area contributed by atoms with Crippen molar-refractivity contribution in [2.45, 2.75) is 43.9 Å². The normalized spacial score (nSPS) is 19.2. The number of piperidine rings is 1. The number of nitrogens with zero attached hydrogens (tertiary/aromatic N) is 5. The molecule has 7 nitrogen and oxygen atoms in total. The molecule has 0 spiro atoms. The standard InChI is InChI=1S/C26H31N5O2S/c1-19-18-24(29-12-3-2-4-13-29)28-26(27-19)30-14-16-31(17-15-30)34(32,33)23-11-9-21-7-5-6-20-8-10-22(23)25(20)21/h5-7,9,11,18H,2-4,8,10,12-17H2,1H3. The van der Waals surface area contributed by atoms with E-state index in [0.29, 0.717) is 37.0 Å². The molecule has 3 aromatic rings. The summed E-state index contributed by atoms with van der Waals surface area (Å²) < 4.78 is 29.0. The maximum absolute atomic E-state index is 13.7. The Bertz CT molecular complexity index is 1340. The summed E-state index contributed by atoms with van der Waals surface area (Å²) in [6.45, 7) is 6.16. The third kappa shape index (κ3) is 3.73. The van der Waals surface area contributed by atoms with Crippen LogP contribution in [0, 0.1) is 6.92 Å². The molecule has 3 aliphatic rings. The SMILES string of the molecule is Cc1cc(N2CCCCC2)nc(N2CCN(S(=O)(=O)c3ccc4cccc5c4c3CC5)CC2)n1. The maximum atomic E-state index is 13.7. The van der Waals surface area contributed by atoms with Gasteiger partial charge in [0.1, 0.15) is 5.82 Å². The number of aromatic nitrogens is 2. The quantitative estimate of drug-likeness (QED) is 0.573. The summed E-state index contributed by atoms with van der Waals surface area (Å²) in [5.41, 5.74) is 3.20. The second-order valence-corrected chi connectivity index (χ2v) is 11.6. The van der Waals surface area contributed by atoms with Crippen LogP contribution in [-0.2, 0) is 22.9 Å². The molecule has 2 aliphatic heterocycles. The van der Waals surface area contributed by atoms with Crippen molar-refractivity contribution in [2.75, 3.05) is 49.1 Å². The van der Waals surface area contributed by atoms with Crippen molar-refractivity contribution in [3.05, 3.63) is 53.2 Å². The minimum absolute atomic E-state index is 0.442. The van der Waals surface area contributed by atoms with Gasteiger partial charge < -0.3 is 9.80 Å². The number of sulfonamides is 1. The third-order valence-electron chi connectivity index (χ3n) is 7.49. The van der Waals surface area contributed by atoms with Crippen LogP contribution in [0.3, 0.4) is 0 Å². The Labute approximate surface area is 201 Å². The molecule has 1 aromatic heterocycles. The zero-order valence-corrected chi connectivity index (χ0v) is 20.5. The van der Waals surface area contributed by atoms with Crippen LogP contribution >= 0.6 is 0 Å². The highest BCUT2D eigenvalue weighted by atomic mass is 32.2. The fourth-order valence-corrected chi connectivity index (χ4v) is 7.38. The number of benzene rings is 2. The van der Waals surface area contributed by atoms with E-state index >= 15 is 0 Å². The van der Waals surface area contributed by atoms with Crippen molar-refractivity contribution in [2.24, 2.45) is 0 Å². The van der Waals surface area contributed by atoms with Crippen LogP contribution in [0.15, 0.2) is 41.3 Å². The lowest BCUT2D eigenvalue weighted by atomic mass is 10.1. The van der Waals surface area contributed by atoms with Gasteiger partial charge in [-0.05, 0) is 67.0 Å². The lowest BCUT2D eigenvalue weighted by Crippen LogP contribution is -2.49. The highest BCUT2D eigenvalue weighted by Crippen LogP contribution is 2.36. The van der Waals surface area contributed by atoms with E-state index in [0.717, 1.165) is 53.8 Å². The molecular formula is C26H31N5O2S. The minimum Gasteiger partial charge on any atom is -0.356 e. The first-order valence-electron chi connectivity index (χ1n) is 12.4. The van der Waals surface area contributed by atoms with E-state index in [1.807, 2.05) is 19.1 Å². The number of hydrogen-bond donors (Lipinski definition) is 0. The highest BCUT2D eigenvalue weighted by molar-refractivity contribution is 7.89. The Balaban J connectivity index is 1.22. The maximum Gasteiger partial charge on any atom is 0.243 e. The molecule has 0 atom stereocenters. The van der Waals surface area contributed by atoms with Gasteiger partial charge in [-0.2, -0.15) is 9.29 Å². The van der Waals surface area contributed by atoms with Crippen molar-refractivity contribution in [3.8, 4) is 0 Å². The Morgan fingerprint density at radius 1 is 0.824 bits per heavy atom. The van der Waals surface area contributed by atoms with E-state index in [-0.39, 0.29) is 0 Å². The molecule has 0 bridgehead atoms. The average Bonchev–Trinajstić information content (AvgIpc) is 3.30. The molecular weight excluding hydrogens is 446 g/mol. The first kappa shape index (κ1) is 21.8. The third-order valence-corrected chi connectivity index (χ3v) is 9.47. The molecule has 1 aliphatic carbocycles. The predicted molar refractivity (Wildman–Crippen MR) is 135 cm³/mol. The molecule has 8 heteroatoms. The monoisotopic (exact) mass is 477 g/mol. The summed E-state index contributed by atoms with van der Waals surface area (Å²) >= 11 is 0. The molecule has 6 rings (SSSR count). The predicted octanol–water partition coefficient (Wildman–Crippen LogP) is 3.54. The number of anilines is 2. The molecule has 0 N–H and O–H groups in total. The molecule has 0 amide bonds. The summed E-state index contributed by atoms with van der Waals surface area (Å²) in [5, 5.41) is 2.27. The molecule has 2 saturated heterocycles. The van der Waals surface area contributed by atoms with Gasteiger partial charge in [-0.15, -0.1) is 0 Å². The van der Waals surface area contributed by atoms with E-state index < -0.39 is 10.0 Å². The van der Waals surface area contributed by atoms with Gasteiger partial charge in [0.05, 0.1) is 4.90 Å². The highest BCUT2D eigenvalue weighted by Gasteiger charge is 2.33. The lowest BCUT2D eigenvalue weighted by Gasteiger charge is -2.35. The summed E-state index contributed by atoms with van der Waals surface area (Å²) in [7, 11) is -3.54. The van der Waals surface area contributed by atoms with Crippen molar-refractivity contribution >= 4 is 32.6 Å². The van der Waals surface area contributed by atoms with Crippen molar-refractivity contribution in [3.63, 3.8) is 0 Å². The number of rotatable bonds is 4. The van der Waals surface area contributed by atoms with Crippen molar-refractivity contribution in [1.82, 2.24) is 14.3 Å². The topological polar surface area (TPSA) is 69.6 Å². The molecule has 0 radical (unpaired) electrons. The lowest BCUT2D eigenvalue weighted by molar-refractivity contribution is 0.382. The number of hydrogen-bond acceptors (Lipinski definition) is 6. The Hall–Kier alpha value is -2.71. The zero-order valence-electron chi connectivity index (χ0n) is 19.7. The molecule has 3 heterocycles. The molecule has 0 unspecified atom stereocenters. The molecule has 2 fully saturated rings. The van der Waals surface area contributed by atoms with Gasteiger partial charge in [0, 0.05) is 51.0 Å². The molecule has 34 heavy (non-hydrogen) atoms. The van der Waals surface area contributed by atoms with Gasteiger partial charge in [-0.25, -0.2) is 13.4 Å². The van der Waals surface area contributed by atoms with Crippen molar-refractivity contribution in [1.29, 1.82) is 0 Å². The van der Waals surface area contributed by atoms with Gasteiger partial charge in [-0.3, -0.25) is 0 Å². The summed E-state index contributed by atoms with van der Waals surface area (Å²) in [4.78, 5) is 14.5. The van der Waals surface area contributed by atoms with E-state index in [1.165, 1.54) is 24.8 Å². The van der Waals surface area contributed by atoms with E-state index in [9.17, 15) is 8.42 Å². The Kier molecular flexibility index (Phi) is 5.45. The van der Waals surface area contributed by atoms with E-state index in [2.05, 4.69) is 39.0 Å². The smallest absolute Gasteiger partial charge is 0.243 e. The summed E-state index contributed by atoms with van der Waals surface area (Å²) in [6, 6.07) is 12.1. The molecule has 2 aromatic carbocycles. The van der Waals surface area contributed by atoms with Crippen LogP contribution in [0.25, 0.3) is 10.8 Å². The largest absolute Gasteiger partial charge is 0.356 e. The van der Waals surface area contributed by atoms with Crippen LogP contribution in [0.4, 0.5) is 11.8 Å². The first-order chi connectivity index (χ1) is 16.5. The average molecular weight is 478 g/mol. The zero-order chi connectivity index (χ0) is 23.3. The van der Waals surface area contributed by atoms with E-state index in [4.69, 9.17) is 4.98 Å². The molecule has 178 valence electrons. The van der Waals surface area contributed by atoms with Crippen LogP contribution in [0.1, 0.15) is 36.1 Å². The Morgan fingerprint density at radius 3 is 2.41 bits per heavy atom. The van der Waals surface area contributed by atoms with Crippen LogP contribution in [-0.4, -0.2) is 62.0 Å². The first-order valence-corrected chi connectivity index (χ1v) is 13.8. The molecule has 0 saturated carbocycles.